The van der Waals surface area contributed by atoms with Crippen LogP contribution in [-0.4, -0.2) is 26.0 Å². The number of likely N-dealkylation sites (N-methyl/N-ethyl adjacent to an activating group) is 1. The molecule has 0 radical (unpaired) electrons. The summed E-state index contributed by atoms with van der Waals surface area (Å²) in [5, 5.41) is 3.04. The van der Waals surface area contributed by atoms with Crippen LogP contribution in [0.4, 0.5) is 5.69 Å². The summed E-state index contributed by atoms with van der Waals surface area (Å²) in [7, 11) is 2.02. The van der Waals surface area contributed by atoms with Gasteiger partial charge in [-0.2, -0.15) is 0 Å². The highest BCUT2D eigenvalue weighted by molar-refractivity contribution is 6.00. The van der Waals surface area contributed by atoms with Gasteiger partial charge in [0.05, 0.1) is 0 Å². The first-order valence-electron chi connectivity index (χ1n) is 9.77. The number of hydrogen-bond donors (Lipinski definition) is 1. The highest BCUT2D eigenvalue weighted by Gasteiger charge is 2.18. The largest absolute Gasteiger partial charge is 0.370 e. The highest BCUT2D eigenvalue weighted by atomic mass is 16.1. The third-order valence-corrected chi connectivity index (χ3v) is 4.24. The Kier molecular flexibility index (Phi) is 9.95. The van der Waals surface area contributed by atoms with E-state index in [4.69, 9.17) is 0 Å². The van der Waals surface area contributed by atoms with Crippen molar-refractivity contribution in [1.29, 1.82) is 0 Å². The van der Waals surface area contributed by atoms with E-state index in [0.29, 0.717) is 13.1 Å². The molecule has 3 heteroatoms. The van der Waals surface area contributed by atoms with E-state index < -0.39 is 0 Å². The molecule has 1 aromatic carbocycles. The Morgan fingerprint density at radius 3 is 2.59 bits per heavy atom. The van der Waals surface area contributed by atoms with Gasteiger partial charge in [0.1, 0.15) is 0 Å². The Bertz CT molecular complexity index is 739. The van der Waals surface area contributed by atoms with Crippen molar-refractivity contribution in [3.05, 3.63) is 70.9 Å². The van der Waals surface area contributed by atoms with Gasteiger partial charge in [-0.1, -0.05) is 67.5 Å². The van der Waals surface area contributed by atoms with E-state index in [9.17, 15) is 4.79 Å². The number of rotatable bonds is 6. The van der Waals surface area contributed by atoms with Crippen molar-refractivity contribution in [3.8, 4) is 0 Å². The molecule has 1 aliphatic rings. The summed E-state index contributed by atoms with van der Waals surface area (Å²) in [5.74, 6) is 0.0230. The molecule has 0 bridgehead atoms. The molecular weight excluding hydrogens is 332 g/mol. The van der Waals surface area contributed by atoms with Crippen molar-refractivity contribution in [2.24, 2.45) is 0 Å². The molecule has 0 saturated heterocycles. The van der Waals surface area contributed by atoms with Gasteiger partial charge in [-0.15, -0.1) is 0 Å². The second-order valence-electron chi connectivity index (χ2n) is 6.51. The molecule has 0 spiro atoms. The first-order chi connectivity index (χ1) is 13.0. The Morgan fingerprint density at radius 1 is 1.19 bits per heavy atom. The molecule has 0 unspecified atom stereocenters. The minimum Gasteiger partial charge on any atom is -0.370 e. The number of fused-ring (bicyclic) bond motifs is 1. The summed E-state index contributed by atoms with van der Waals surface area (Å²) in [4.78, 5) is 14.6. The maximum Gasteiger partial charge on any atom is 0.249 e. The average Bonchev–Trinajstić information content (AvgIpc) is 2.68. The molecule has 2 rings (SSSR count). The van der Waals surface area contributed by atoms with Crippen LogP contribution in [0.25, 0.3) is 6.08 Å². The zero-order valence-electron chi connectivity index (χ0n) is 17.7. The first kappa shape index (κ1) is 22.5. The lowest BCUT2D eigenvalue weighted by atomic mass is 10.0. The van der Waals surface area contributed by atoms with Gasteiger partial charge >= 0.3 is 0 Å². The van der Waals surface area contributed by atoms with Crippen molar-refractivity contribution >= 4 is 17.7 Å². The van der Waals surface area contributed by atoms with E-state index >= 15 is 0 Å². The molecule has 0 fully saturated rings. The van der Waals surface area contributed by atoms with Crippen LogP contribution in [-0.2, 0) is 4.79 Å². The molecule has 1 N–H and O–H groups in total. The zero-order chi connectivity index (χ0) is 20.2. The van der Waals surface area contributed by atoms with Gasteiger partial charge in [-0.25, -0.2) is 0 Å². The normalized spacial score (nSPS) is 14.3. The molecule has 146 valence electrons. The van der Waals surface area contributed by atoms with Crippen LogP contribution < -0.4 is 10.2 Å². The van der Waals surface area contributed by atoms with Crippen LogP contribution in [0, 0.1) is 0 Å². The van der Waals surface area contributed by atoms with Crippen LogP contribution in [0.3, 0.4) is 0 Å². The minimum atomic E-state index is 0.0230. The lowest BCUT2D eigenvalue weighted by Crippen LogP contribution is -2.33. The number of anilines is 1. The summed E-state index contributed by atoms with van der Waals surface area (Å²) in [6.45, 7) is 11.5. The van der Waals surface area contributed by atoms with E-state index in [-0.39, 0.29) is 5.91 Å². The van der Waals surface area contributed by atoms with Gasteiger partial charge < -0.3 is 10.2 Å². The summed E-state index contributed by atoms with van der Waals surface area (Å²) >= 11 is 0. The third kappa shape index (κ3) is 7.30. The van der Waals surface area contributed by atoms with Crippen LogP contribution in [0.2, 0.25) is 0 Å². The molecule has 0 aromatic heterocycles. The molecule has 0 saturated carbocycles. The first-order valence-corrected chi connectivity index (χ1v) is 9.77. The second kappa shape index (κ2) is 11.9. The quantitative estimate of drug-likeness (QED) is 0.672. The smallest absolute Gasteiger partial charge is 0.249 e. The van der Waals surface area contributed by atoms with Crippen LogP contribution >= 0.6 is 0 Å². The van der Waals surface area contributed by atoms with Crippen LogP contribution in [0.15, 0.2) is 65.3 Å². The number of hydrogen-bond acceptors (Lipinski definition) is 2. The Labute approximate surface area is 165 Å². The SMILES string of the molecule is CC.C\C=C/C(C)=C\C=C(/C)CCNC(=O)C1=Cc2ccccc2N(C)C1. The predicted octanol–water partition coefficient (Wildman–Crippen LogP) is 5.52. The lowest BCUT2D eigenvalue weighted by molar-refractivity contribution is -0.117. The topological polar surface area (TPSA) is 32.3 Å². The van der Waals surface area contributed by atoms with E-state index in [1.807, 2.05) is 58.2 Å². The second-order valence-corrected chi connectivity index (χ2v) is 6.51. The summed E-state index contributed by atoms with van der Waals surface area (Å²) in [5.41, 5.74) is 5.55. The lowest BCUT2D eigenvalue weighted by Gasteiger charge is -2.27. The molecule has 3 nitrogen and oxygen atoms in total. The van der Waals surface area contributed by atoms with E-state index in [1.165, 1.54) is 16.8 Å². The molecule has 1 aliphatic heterocycles. The standard InChI is InChI=1S/C22H28N2O.C2H6/c1-5-8-17(2)11-12-18(3)13-14-23-22(25)20-15-19-9-6-7-10-21(19)24(4)16-20;1-2/h5-12,15H,13-14,16H2,1-4H3,(H,23,25);1-2H3/b8-5-,17-11-,18-12+;. The number of amides is 1. The van der Waals surface area contributed by atoms with Gasteiger partial charge in [-0.05, 0) is 44.9 Å². The van der Waals surface area contributed by atoms with Gasteiger partial charge in [0.2, 0.25) is 5.91 Å². The Hall–Kier alpha value is -2.55. The predicted molar refractivity (Wildman–Crippen MR) is 119 cm³/mol. The number of nitrogens with zero attached hydrogens (tertiary/aromatic N) is 1. The maximum absolute atomic E-state index is 12.4. The third-order valence-electron chi connectivity index (χ3n) is 4.24. The highest BCUT2D eigenvalue weighted by Crippen LogP contribution is 2.27. The number of allylic oxidation sites excluding steroid dienone is 5. The van der Waals surface area contributed by atoms with Gasteiger partial charge in [0, 0.05) is 31.4 Å². The number of carbonyl (C=O) groups excluding carboxylic acids is 1. The Morgan fingerprint density at radius 2 is 1.89 bits per heavy atom. The van der Waals surface area contributed by atoms with E-state index in [0.717, 1.165) is 17.6 Å². The maximum atomic E-state index is 12.4. The van der Waals surface area contributed by atoms with Crippen molar-refractivity contribution < 1.29 is 4.79 Å². The molecule has 27 heavy (non-hydrogen) atoms. The summed E-state index contributed by atoms with van der Waals surface area (Å²) < 4.78 is 0. The fourth-order valence-electron chi connectivity index (χ4n) is 2.83. The van der Waals surface area contributed by atoms with E-state index in [2.05, 4.69) is 48.4 Å². The van der Waals surface area contributed by atoms with Gasteiger partial charge in [0.15, 0.2) is 0 Å². The van der Waals surface area contributed by atoms with Crippen LogP contribution in [0.1, 0.15) is 46.6 Å². The zero-order valence-corrected chi connectivity index (χ0v) is 17.7. The van der Waals surface area contributed by atoms with E-state index in [1.54, 1.807) is 0 Å². The fraction of sp³-hybridized carbons (Fsp3) is 0.375. The van der Waals surface area contributed by atoms with Gasteiger partial charge in [0.25, 0.3) is 0 Å². The summed E-state index contributed by atoms with van der Waals surface area (Å²) in [6.07, 6.45) is 11.2. The van der Waals surface area contributed by atoms with Crippen molar-refractivity contribution in [2.45, 2.75) is 41.0 Å². The molecule has 0 aliphatic carbocycles. The van der Waals surface area contributed by atoms with Crippen molar-refractivity contribution in [3.63, 3.8) is 0 Å². The molecule has 0 atom stereocenters. The fourth-order valence-corrected chi connectivity index (χ4v) is 2.83. The molecule has 1 heterocycles. The summed E-state index contributed by atoms with van der Waals surface area (Å²) in [6, 6.07) is 8.15. The van der Waals surface area contributed by atoms with Crippen LogP contribution in [0.5, 0.6) is 0 Å². The van der Waals surface area contributed by atoms with Gasteiger partial charge in [-0.3, -0.25) is 4.79 Å². The number of benzene rings is 1. The minimum absolute atomic E-state index is 0.0230. The van der Waals surface area contributed by atoms with Crippen molar-refractivity contribution in [2.75, 3.05) is 25.0 Å². The Balaban J connectivity index is 0.00000176. The molecular formula is C24H34N2O. The molecule has 1 aromatic rings. The number of carbonyl (C=O) groups is 1. The monoisotopic (exact) mass is 366 g/mol. The average molecular weight is 367 g/mol. The van der Waals surface area contributed by atoms with Crippen molar-refractivity contribution in [1.82, 2.24) is 5.32 Å². The number of para-hydroxylation sites is 1. The number of nitrogens with one attached hydrogen (secondary N) is 1. The molecule has 1 amide bonds.